The summed E-state index contributed by atoms with van der Waals surface area (Å²) in [4.78, 5) is 7.86. The van der Waals surface area contributed by atoms with Crippen LogP contribution in [0.2, 0.25) is 0 Å². The number of hydrogen-bond donors (Lipinski definition) is 2. The summed E-state index contributed by atoms with van der Waals surface area (Å²) in [6.07, 6.45) is 5.83. The van der Waals surface area contributed by atoms with Gasteiger partial charge in [0, 0.05) is 36.6 Å². The van der Waals surface area contributed by atoms with E-state index in [9.17, 15) is 0 Å². The number of aliphatic hydroxyl groups excluding tert-OH is 1. The standard InChI is InChI=1S/C10H17N3O/c1-10(2,3-4-14)13-7-9-5-11-8-12-6-9/h5-6,8,13-14H,3-4,7H2,1-2H3. The highest BCUT2D eigenvalue weighted by Gasteiger charge is 2.15. The molecule has 4 heteroatoms. The van der Waals surface area contributed by atoms with Crippen molar-refractivity contribution in [1.82, 2.24) is 15.3 Å². The Morgan fingerprint density at radius 2 is 2.00 bits per heavy atom. The molecule has 1 aromatic rings. The molecule has 78 valence electrons. The zero-order valence-corrected chi connectivity index (χ0v) is 8.70. The Bertz CT molecular complexity index is 261. The molecule has 1 rings (SSSR count). The number of nitrogens with zero attached hydrogens (tertiary/aromatic N) is 2. The van der Waals surface area contributed by atoms with Crippen LogP contribution >= 0.6 is 0 Å². The van der Waals surface area contributed by atoms with Crippen LogP contribution in [-0.2, 0) is 6.54 Å². The molecule has 1 aromatic heterocycles. The van der Waals surface area contributed by atoms with Crippen molar-refractivity contribution in [2.24, 2.45) is 0 Å². The van der Waals surface area contributed by atoms with Crippen molar-refractivity contribution in [3.05, 3.63) is 24.3 Å². The Morgan fingerprint density at radius 1 is 1.36 bits per heavy atom. The first kappa shape index (κ1) is 11.1. The van der Waals surface area contributed by atoms with Gasteiger partial charge in [-0.1, -0.05) is 0 Å². The highest BCUT2D eigenvalue weighted by molar-refractivity contribution is 5.02. The van der Waals surface area contributed by atoms with Gasteiger partial charge in [0.2, 0.25) is 0 Å². The summed E-state index contributed by atoms with van der Waals surface area (Å²) in [5.74, 6) is 0. The van der Waals surface area contributed by atoms with E-state index in [1.54, 1.807) is 12.4 Å². The molecule has 0 saturated heterocycles. The van der Waals surface area contributed by atoms with Crippen molar-refractivity contribution in [1.29, 1.82) is 0 Å². The van der Waals surface area contributed by atoms with Gasteiger partial charge in [-0.3, -0.25) is 0 Å². The minimum absolute atomic E-state index is 0.0510. The van der Waals surface area contributed by atoms with Crippen LogP contribution in [0.25, 0.3) is 0 Å². The summed E-state index contributed by atoms with van der Waals surface area (Å²) < 4.78 is 0. The second kappa shape index (κ2) is 5.02. The van der Waals surface area contributed by atoms with Crippen molar-refractivity contribution in [3.8, 4) is 0 Å². The molecule has 14 heavy (non-hydrogen) atoms. The molecule has 0 fully saturated rings. The molecular weight excluding hydrogens is 178 g/mol. The molecule has 0 amide bonds. The third kappa shape index (κ3) is 3.81. The fourth-order valence-corrected chi connectivity index (χ4v) is 1.13. The van der Waals surface area contributed by atoms with Crippen LogP contribution in [0.15, 0.2) is 18.7 Å². The summed E-state index contributed by atoms with van der Waals surface area (Å²) in [7, 11) is 0. The highest BCUT2D eigenvalue weighted by atomic mass is 16.3. The van der Waals surface area contributed by atoms with Gasteiger partial charge in [0.1, 0.15) is 6.33 Å². The Morgan fingerprint density at radius 3 is 2.57 bits per heavy atom. The maximum atomic E-state index is 8.83. The van der Waals surface area contributed by atoms with Crippen molar-refractivity contribution in [2.75, 3.05) is 6.61 Å². The van der Waals surface area contributed by atoms with E-state index in [2.05, 4.69) is 29.1 Å². The topological polar surface area (TPSA) is 58.0 Å². The number of aromatic nitrogens is 2. The van der Waals surface area contributed by atoms with Crippen molar-refractivity contribution in [2.45, 2.75) is 32.4 Å². The first-order chi connectivity index (χ1) is 6.64. The molecule has 1 heterocycles. The average molecular weight is 195 g/mol. The maximum absolute atomic E-state index is 8.83. The largest absolute Gasteiger partial charge is 0.396 e. The molecule has 4 nitrogen and oxygen atoms in total. The maximum Gasteiger partial charge on any atom is 0.115 e. The first-order valence-corrected chi connectivity index (χ1v) is 4.74. The van der Waals surface area contributed by atoms with Gasteiger partial charge in [-0.15, -0.1) is 0 Å². The normalized spacial score (nSPS) is 11.6. The van der Waals surface area contributed by atoms with E-state index in [4.69, 9.17) is 5.11 Å². The summed E-state index contributed by atoms with van der Waals surface area (Å²) >= 11 is 0. The fraction of sp³-hybridized carbons (Fsp3) is 0.600. The lowest BCUT2D eigenvalue weighted by Crippen LogP contribution is -2.39. The van der Waals surface area contributed by atoms with Crippen LogP contribution in [0.5, 0.6) is 0 Å². The van der Waals surface area contributed by atoms with Gasteiger partial charge >= 0.3 is 0 Å². The van der Waals surface area contributed by atoms with E-state index < -0.39 is 0 Å². The number of rotatable bonds is 5. The molecular formula is C10H17N3O. The SMILES string of the molecule is CC(C)(CCO)NCc1cncnc1. The second-order valence-electron chi connectivity index (χ2n) is 3.96. The van der Waals surface area contributed by atoms with E-state index in [0.29, 0.717) is 0 Å². The average Bonchev–Trinajstić information content (AvgIpc) is 2.17. The Kier molecular flexibility index (Phi) is 3.98. The second-order valence-corrected chi connectivity index (χ2v) is 3.96. The van der Waals surface area contributed by atoms with Crippen LogP contribution in [0.3, 0.4) is 0 Å². The van der Waals surface area contributed by atoms with Crippen LogP contribution in [0.4, 0.5) is 0 Å². The number of hydrogen-bond acceptors (Lipinski definition) is 4. The summed E-state index contributed by atoms with van der Waals surface area (Å²) in [5, 5.41) is 12.2. The van der Waals surface area contributed by atoms with Crippen LogP contribution < -0.4 is 5.32 Å². The summed E-state index contributed by atoms with van der Waals surface area (Å²) in [5.41, 5.74) is 1.00. The van der Waals surface area contributed by atoms with E-state index in [-0.39, 0.29) is 12.1 Å². The highest BCUT2D eigenvalue weighted by Crippen LogP contribution is 2.08. The molecule has 0 spiro atoms. The molecule has 0 aromatic carbocycles. The molecule has 0 saturated carbocycles. The fourth-order valence-electron chi connectivity index (χ4n) is 1.13. The Balaban J connectivity index is 2.40. The molecule has 2 N–H and O–H groups in total. The van der Waals surface area contributed by atoms with Gasteiger partial charge < -0.3 is 10.4 Å². The summed E-state index contributed by atoms with van der Waals surface area (Å²) in [6.45, 7) is 5.05. The Hall–Kier alpha value is -1.00. The number of nitrogens with one attached hydrogen (secondary N) is 1. The number of aliphatic hydroxyl groups is 1. The lowest BCUT2D eigenvalue weighted by atomic mass is 10.0. The van der Waals surface area contributed by atoms with Crippen LogP contribution in [0, 0.1) is 0 Å². The zero-order chi connectivity index (χ0) is 10.4. The minimum Gasteiger partial charge on any atom is -0.396 e. The molecule has 0 aliphatic rings. The molecule has 0 unspecified atom stereocenters. The molecule has 0 aliphatic heterocycles. The smallest absolute Gasteiger partial charge is 0.115 e. The molecule has 0 atom stereocenters. The third-order valence-electron chi connectivity index (χ3n) is 2.12. The Labute approximate surface area is 84.4 Å². The van der Waals surface area contributed by atoms with Gasteiger partial charge in [-0.05, 0) is 20.3 Å². The molecule has 0 aliphatic carbocycles. The minimum atomic E-state index is -0.0510. The van der Waals surface area contributed by atoms with Gasteiger partial charge in [0.15, 0.2) is 0 Å². The van der Waals surface area contributed by atoms with Crippen molar-refractivity contribution < 1.29 is 5.11 Å². The van der Waals surface area contributed by atoms with Crippen LogP contribution in [0.1, 0.15) is 25.8 Å². The quantitative estimate of drug-likeness (QED) is 0.727. The lowest BCUT2D eigenvalue weighted by Gasteiger charge is -2.25. The first-order valence-electron chi connectivity index (χ1n) is 4.74. The van der Waals surface area contributed by atoms with Gasteiger partial charge in [0.25, 0.3) is 0 Å². The van der Waals surface area contributed by atoms with E-state index in [0.717, 1.165) is 18.5 Å². The zero-order valence-electron chi connectivity index (χ0n) is 8.70. The predicted molar refractivity (Wildman–Crippen MR) is 54.7 cm³/mol. The predicted octanol–water partition coefficient (Wildman–Crippen LogP) is 0.727. The monoisotopic (exact) mass is 195 g/mol. The summed E-state index contributed by atoms with van der Waals surface area (Å²) in [6, 6.07) is 0. The van der Waals surface area contributed by atoms with Gasteiger partial charge in [-0.2, -0.15) is 0 Å². The van der Waals surface area contributed by atoms with Gasteiger partial charge in [-0.25, -0.2) is 9.97 Å². The lowest BCUT2D eigenvalue weighted by molar-refractivity contribution is 0.230. The van der Waals surface area contributed by atoms with Crippen molar-refractivity contribution in [3.63, 3.8) is 0 Å². The molecule has 0 bridgehead atoms. The van der Waals surface area contributed by atoms with E-state index >= 15 is 0 Å². The third-order valence-corrected chi connectivity index (χ3v) is 2.12. The van der Waals surface area contributed by atoms with E-state index in [1.807, 2.05) is 0 Å². The molecule has 0 radical (unpaired) electrons. The van der Waals surface area contributed by atoms with Crippen molar-refractivity contribution >= 4 is 0 Å². The van der Waals surface area contributed by atoms with Gasteiger partial charge in [0.05, 0.1) is 0 Å². The van der Waals surface area contributed by atoms with E-state index in [1.165, 1.54) is 6.33 Å². The van der Waals surface area contributed by atoms with Crippen LogP contribution in [-0.4, -0.2) is 27.2 Å².